The molecule has 0 radical (unpaired) electrons. The van der Waals surface area contributed by atoms with Crippen LogP contribution in [0.5, 0.6) is 0 Å². The largest absolute Gasteiger partial charge is 0.462 e. The summed E-state index contributed by atoms with van der Waals surface area (Å²) in [6.45, 7) is 6.54. The molecule has 81 heavy (non-hydrogen) atoms. The van der Waals surface area contributed by atoms with Crippen molar-refractivity contribution in [1.82, 2.24) is 0 Å². The monoisotopic (exact) mass is 1130 g/mol. The van der Waals surface area contributed by atoms with Gasteiger partial charge in [-0.3, -0.25) is 14.4 Å². The van der Waals surface area contributed by atoms with Crippen LogP contribution in [-0.2, 0) is 28.6 Å². The van der Waals surface area contributed by atoms with Gasteiger partial charge in [-0.15, -0.1) is 0 Å². The molecule has 0 bridgehead atoms. The lowest BCUT2D eigenvalue weighted by atomic mass is 10.0. The Morgan fingerprint density at radius 3 is 0.753 bits per heavy atom. The fraction of sp³-hybridized carbons (Fsp3) is 0.773. The Balaban J connectivity index is 4.13. The zero-order valence-corrected chi connectivity index (χ0v) is 53.8. The van der Waals surface area contributed by atoms with Crippen LogP contribution in [0.4, 0.5) is 0 Å². The summed E-state index contributed by atoms with van der Waals surface area (Å²) < 4.78 is 16.9. The minimum atomic E-state index is -0.775. The van der Waals surface area contributed by atoms with Crippen molar-refractivity contribution in [1.29, 1.82) is 0 Å². The molecule has 6 heteroatoms. The first-order chi connectivity index (χ1) is 40.0. The summed E-state index contributed by atoms with van der Waals surface area (Å²) in [5, 5.41) is 0. The first-order valence-corrected chi connectivity index (χ1v) is 35.1. The third-order valence-electron chi connectivity index (χ3n) is 15.4. The highest BCUT2D eigenvalue weighted by Crippen LogP contribution is 2.17. The van der Waals surface area contributed by atoms with Gasteiger partial charge in [-0.25, -0.2) is 0 Å². The molecule has 0 amide bonds. The van der Waals surface area contributed by atoms with Gasteiger partial charge in [0.2, 0.25) is 0 Å². The summed E-state index contributed by atoms with van der Waals surface area (Å²) in [6, 6.07) is 0. The maximum Gasteiger partial charge on any atom is 0.306 e. The van der Waals surface area contributed by atoms with Gasteiger partial charge in [-0.2, -0.15) is 0 Å². The molecule has 468 valence electrons. The van der Waals surface area contributed by atoms with E-state index in [1.807, 2.05) is 0 Å². The van der Waals surface area contributed by atoms with E-state index in [4.69, 9.17) is 14.2 Å². The van der Waals surface area contributed by atoms with Crippen LogP contribution in [0.2, 0.25) is 0 Å². The van der Waals surface area contributed by atoms with E-state index in [1.165, 1.54) is 218 Å². The van der Waals surface area contributed by atoms with Gasteiger partial charge in [0.1, 0.15) is 13.2 Å². The van der Waals surface area contributed by atoms with Gasteiger partial charge in [-0.05, 0) is 96.3 Å². The standard InChI is InChI=1S/C75H132O6/c1-4-7-10-13-16-19-21-23-25-27-29-31-33-34-35-36-37-38-39-40-42-43-45-47-49-51-53-56-59-62-65-68-74(77)80-71-72(70-79-73(76)67-64-61-58-55-18-15-12-9-6-3)81-75(78)69-66-63-60-57-54-52-50-48-46-44-41-32-30-28-26-24-22-20-17-14-11-8-5-2/h7,10,16,19,22-25,28-31,34-35,72H,4-6,8-9,11-15,17-18,20-21,26-27,32-33,36-71H2,1-3H3/b10-7-,19-16-,24-22-,25-23-,30-28-,31-29-,35-34-. The highest BCUT2D eigenvalue weighted by molar-refractivity contribution is 5.71. The minimum absolute atomic E-state index is 0.0724. The number of rotatable bonds is 64. The zero-order valence-electron chi connectivity index (χ0n) is 53.8. The van der Waals surface area contributed by atoms with E-state index in [0.29, 0.717) is 19.3 Å². The Kier molecular flexibility index (Phi) is 66.2. The first-order valence-electron chi connectivity index (χ1n) is 35.1. The maximum absolute atomic E-state index is 12.9. The topological polar surface area (TPSA) is 78.9 Å². The molecule has 0 spiro atoms. The van der Waals surface area contributed by atoms with Crippen molar-refractivity contribution in [3.8, 4) is 0 Å². The van der Waals surface area contributed by atoms with E-state index in [9.17, 15) is 14.4 Å². The van der Waals surface area contributed by atoms with Crippen LogP contribution < -0.4 is 0 Å². The van der Waals surface area contributed by atoms with Crippen LogP contribution in [0.1, 0.15) is 355 Å². The Morgan fingerprint density at radius 1 is 0.259 bits per heavy atom. The SMILES string of the molecule is CC/C=C\C/C=C\C/C=C\C/C=C\C/C=C\CCCCCCCCCCCCCCCCCC(=O)OCC(COC(=O)CCCCCCCCCCC)OC(=O)CCCCCCCCCCCCC/C=C\C/C=C\CCCCCCC. The second kappa shape index (κ2) is 69.1. The Morgan fingerprint density at radius 2 is 0.481 bits per heavy atom. The maximum atomic E-state index is 12.9. The summed E-state index contributed by atoms with van der Waals surface area (Å²) in [4.78, 5) is 38.3. The van der Waals surface area contributed by atoms with Gasteiger partial charge < -0.3 is 14.2 Å². The van der Waals surface area contributed by atoms with Crippen LogP contribution in [0.3, 0.4) is 0 Å². The van der Waals surface area contributed by atoms with E-state index in [1.54, 1.807) is 0 Å². The average Bonchev–Trinajstić information content (AvgIpc) is 3.47. The highest BCUT2D eigenvalue weighted by atomic mass is 16.6. The molecule has 0 N–H and O–H groups in total. The second-order valence-corrected chi connectivity index (χ2v) is 23.4. The van der Waals surface area contributed by atoms with Gasteiger partial charge >= 0.3 is 17.9 Å². The number of allylic oxidation sites excluding steroid dienone is 14. The van der Waals surface area contributed by atoms with Gasteiger partial charge in [0.25, 0.3) is 0 Å². The Labute approximate surface area is 503 Å². The molecule has 0 aromatic rings. The van der Waals surface area contributed by atoms with Crippen molar-refractivity contribution in [2.45, 2.75) is 361 Å². The molecule has 0 rings (SSSR count). The van der Waals surface area contributed by atoms with Crippen LogP contribution in [0, 0.1) is 0 Å². The van der Waals surface area contributed by atoms with Crippen LogP contribution >= 0.6 is 0 Å². The number of ether oxygens (including phenoxy) is 3. The van der Waals surface area contributed by atoms with Gasteiger partial charge in [-0.1, -0.05) is 324 Å². The van der Waals surface area contributed by atoms with Crippen LogP contribution in [0.15, 0.2) is 85.1 Å². The Bertz CT molecular complexity index is 1530. The van der Waals surface area contributed by atoms with E-state index in [0.717, 1.165) is 96.3 Å². The number of esters is 3. The molecule has 0 fully saturated rings. The van der Waals surface area contributed by atoms with E-state index >= 15 is 0 Å². The highest BCUT2D eigenvalue weighted by Gasteiger charge is 2.19. The molecule has 6 nitrogen and oxygen atoms in total. The van der Waals surface area contributed by atoms with Gasteiger partial charge in [0, 0.05) is 19.3 Å². The van der Waals surface area contributed by atoms with Crippen molar-refractivity contribution in [3.05, 3.63) is 85.1 Å². The molecule has 0 saturated carbocycles. The molecular formula is C75H132O6. The van der Waals surface area contributed by atoms with Crippen molar-refractivity contribution in [2.75, 3.05) is 13.2 Å². The lowest BCUT2D eigenvalue weighted by Gasteiger charge is -2.18. The molecule has 1 unspecified atom stereocenters. The zero-order chi connectivity index (χ0) is 58.5. The summed E-state index contributed by atoms with van der Waals surface area (Å²) >= 11 is 0. The fourth-order valence-corrected chi connectivity index (χ4v) is 10.2. The molecule has 0 heterocycles. The fourth-order valence-electron chi connectivity index (χ4n) is 10.2. The molecule has 0 aromatic heterocycles. The smallest absolute Gasteiger partial charge is 0.306 e. The van der Waals surface area contributed by atoms with E-state index in [-0.39, 0.29) is 31.1 Å². The van der Waals surface area contributed by atoms with Crippen LogP contribution in [0.25, 0.3) is 0 Å². The van der Waals surface area contributed by atoms with Gasteiger partial charge in [0.05, 0.1) is 0 Å². The molecule has 0 aliphatic heterocycles. The van der Waals surface area contributed by atoms with Crippen molar-refractivity contribution >= 4 is 17.9 Å². The lowest BCUT2D eigenvalue weighted by Crippen LogP contribution is -2.30. The Hall–Kier alpha value is -3.41. The molecule has 0 aliphatic carbocycles. The molecule has 0 aromatic carbocycles. The lowest BCUT2D eigenvalue weighted by molar-refractivity contribution is -0.167. The van der Waals surface area contributed by atoms with Crippen molar-refractivity contribution in [2.24, 2.45) is 0 Å². The van der Waals surface area contributed by atoms with Crippen molar-refractivity contribution < 1.29 is 28.6 Å². The summed E-state index contributed by atoms with van der Waals surface area (Å²) in [7, 11) is 0. The molecule has 0 saturated heterocycles. The third kappa shape index (κ3) is 67.3. The number of hydrogen-bond acceptors (Lipinski definition) is 6. The summed E-state index contributed by atoms with van der Waals surface area (Å²) in [5.41, 5.74) is 0. The molecular weight excluding hydrogens is 997 g/mol. The number of unbranched alkanes of at least 4 members (excludes halogenated alkanes) is 39. The quantitative estimate of drug-likeness (QED) is 0.0261. The second-order valence-electron chi connectivity index (χ2n) is 23.4. The predicted octanol–water partition coefficient (Wildman–Crippen LogP) is 24.2. The number of hydrogen-bond donors (Lipinski definition) is 0. The minimum Gasteiger partial charge on any atom is -0.462 e. The van der Waals surface area contributed by atoms with Crippen LogP contribution in [-0.4, -0.2) is 37.2 Å². The molecule has 0 aliphatic rings. The summed E-state index contributed by atoms with van der Waals surface area (Å²) in [6.07, 6.45) is 91.9. The normalized spacial score (nSPS) is 12.6. The van der Waals surface area contributed by atoms with E-state index in [2.05, 4.69) is 106 Å². The number of carbonyl (C=O) groups excluding carboxylic acids is 3. The first kappa shape index (κ1) is 77.6. The average molecular weight is 1130 g/mol. The number of carbonyl (C=O) groups is 3. The predicted molar refractivity (Wildman–Crippen MR) is 353 cm³/mol. The molecule has 1 atom stereocenters. The van der Waals surface area contributed by atoms with Crippen molar-refractivity contribution in [3.63, 3.8) is 0 Å². The third-order valence-corrected chi connectivity index (χ3v) is 15.4. The summed E-state index contributed by atoms with van der Waals surface area (Å²) in [5.74, 6) is -0.860. The van der Waals surface area contributed by atoms with Gasteiger partial charge in [0.15, 0.2) is 6.10 Å². The van der Waals surface area contributed by atoms with E-state index < -0.39 is 6.10 Å².